The van der Waals surface area contributed by atoms with Gasteiger partial charge in [0.2, 0.25) is 0 Å². The van der Waals surface area contributed by atoms with Crippen LogP contribution in [-0.2, 0) is 16.0 Å². The Kier molecular flexibility index (Phi) is 3.90. The fourth-order valence-corrected chi connectivity index (χ4v) is 3.79. The van der Waals surface area contributed by atoms with Gasteiger partial charge >= 0.3 is 11.9 Å². The second kappa shape index (κ2) is 5.72. The molecule has 0 amide bonds. The van der Waals surface area contributed by atoms with E-state index in [4.69, 9.17) is 0 Å². The number of carbonyl (C=O) groups excluding carboxylic acids is 1. The largest absolute Gasteiger partial charge is 0.480 e. The number of carboxylic acid groups (broad SMARTS) is 1. The van der Waals surface area contributed by atoms with Gasteiger partial charge in [0.15, 0.2) is 5.25 Å². The number of ether oxygens (including phenoxy) is 1. The van der Waals surface area contributed by atoms with Crippen molar-refractivity contribution in [2.45, 2.75) is 30.1 Å². The van der Waals surface area contributed by atoms with Crippen molar-refractivity contribution in [3.8, 4) is 0 Å². The molecule has 1 heterocycles. The predicted molar refractivity (Wildman–Crippen MR) is 80.8 cm³/mol. The fourth-order valence-electron chi connectivity index (χ4n) is 2.90. The van der Waals surface area contributed by atoms with Crippen molar-refractivity contribution >= 4 is 23.9 Å². The summed E-state index contributed by atoms with van der Waals surface area (Å²) in [7, 11) is 1.34. The van der Waals surface area contributed by atoms with E-state index < -0.39 is 16.8 Å². The van der Waals surface area contributed by atoms with Crippen molar-refractivity contribution in [1.82, 2.24) is 0 Å². The van der Waals surface area contributed by atoms with Crippen LogP contribution in [0.15, 0.2) is 33.9 Å². The number of methoxy groups -OCH3 is 1. The summed E-state index contributed by atoms with van der Waals surface area (Å²) in [5.41, 5.74) is 0.764. The van der Waals surface area contributed by atoms with Gasteiger partial charge in [0.05, 0.1) is 12.7 Å². The Bertz CT molecular complexity index is 627. The van der Waals surface area contributed by atoms with Crippen LogP contribution >= 0.6 is 11.9 Å². The third kappa shape index (κ3) is 2.61. The van der Waals surface area contributed by atoms with Crippen molar-refractivity contribution in [1.29, 1.82) is 0 Å². The van der Waals surface area contributed by atoms with E-state index in [2.05, 4.69) is 14.4 Å². The summed E-state index contributed by atoms with van der Waals surface area (Å²) in [5.74, 6) is -0.983. The van der Waals surface area contributed by atoms with E-state index in [1.807, 2.05) is 12.1 Å². The Morgan fingerprint density at radius 2 is 2.05 bits per heavy atom. The monoisotopic (exact) mass is 320 g/mol. The predicted octanol–water partition coefficient (Wildman–Crippen LogP) is 2.73. The molecule has 1 aromatic rings. The first-order chi connectivity index (χ1) is 10.6. The van der Waals surface area contributed by atoms with E-state index in [0.29, 0.717) is 12.0 Å². The highest BCUT2D eigenvalue weighted by Crippen LogP contribution is 2.52. The van der Waals surface area contributed by atoms with E-state index in [-0.39, 0.29) is 11.9 Å². The molecule has 7 heteroatoms. The molecule has 1 aliphatic heterocycles. The molecule has 2 aliphatic rings. The quantitative estimate of drug-likeness (QED) is 0.665. The molecule has 1 saturated carbocycles. The summed E-state index contributed by atoms with van der Waals surface area (Å²) in [6.45, 7) is 0. The van der Waals surface area contributed by atoms with Gasteiger partial charge in [-0.15, -0.1) is 4.52 Å². The summed E-state index contributed by atoms with van der Waals surface area (Å²) in [6, 6.07) is 7.04. The van der Waals surface area contributed by atoms with E-state index >= 15 is 0 Å². The summed E-state index contributed by atoms with van der Waals surface area (Å²) >= 11 is 1.04. The van der Waals surface area contributed by atoms with E-state index in [9.17, 15) is 14.7 Å². The molecule has 0 bridgehead atoms. The van der Waals surface area contributed by atoms with Crippen LogP contribution in [0.2, 0.25) is 0 Å². The minimum atomic E-state index is -0.868. The SMILES string of the molecule is COC(=O)c1ccc(CC2(C3CC3)N=NSC2C(=O)O)cc1. The Balaban J connectivity index is 1.84. The average Bonchev–Trinajstić information content (AvgIpc) is 3.29. The lowest BCUT2D eigenvalue weighted by molar-refractivity contribution is -0.137. The second-order valence-corrected chi connectivity index (χ2v) is 6.48. The molecule has 0 saturated heterocycles. The maximum absolute atomic E-state index is 11.5. The number of hydrogen-bond donors (Lipinski definition) is 1. The van der Waals surface area contributed by atoms with Gasteiger partial charge in [-0.05, 0) is 36.5 Å². The first-order valence-corrected chi connectivity index (χ1v) is 7.88. The first-order valence-electron chi connectivity index (χ1n) is 7.05. The average molecular weight is 320 g/mol. The molecule has 22 heavy (non-hydrogen) atoms. The molecule has 3 rings (SSSR count). The van der Waals surface area contributed by atoms with Gasteiger partial charge in [0.25, 0.3) is 0 Å². The van der Waals surface area contributed by atoms with Crippen LogP contribution in [0.25, 0.3) is 0 Å². The number of benzene rings is 1. The molecule has 1 aromatic carbocycles. The molecule has 0 spiro atoms. The van der Waals surface area contributed by atoms with Crippen molar-refractivity contribution < 1.29 is 19.4 Å². The number of rotatable bonds is 5. The molecule has 1 N–H and O–H groups in total. The second-order valence-electron chi connectivity index (χ2n) is 5.64. The van der Waals surface area contributed by atoms with Crippen LogP contribution in [0.5, 0.6) is 0 Å². The molecular formula is C15H16N2O4S. The molecule has 1 aliphatic carbocycles. The summed E-state index contributed by atoms with van der Waals surface area (Å²) in [5, 5.41) is 13.1. The van der Waals surface area contributed by atoms with Gasteiger partial charge in [-0.3, -0.25) is 4.79 Å². The number of esters is 1. The number of aliphatic carboxylic acids is 1. The Morgan fingerprint density at radius 1 is 1.36 bits per heavy atom. The normalized spacial score (nSPS) is 26.9. The molecule has 0 radical (unpaired) electrons. The highest BCUT2D eigenvalue weighted by molar-refractivity contribution is 7.99. The minimum Gasteiger partial charge on any atom is -0.480 e. The lowest BCUT2D eigenvalue weighted by atomic mass is 9.83. The standard InChI is InChI=1S/C15H16N2O4S/c1-21-14(20)10-4-2-9(3-5-10)8-15(11-6-7-11)12(13(18)19)22-17-16-15/h2-5,11-12H,6-8H2,1H3,(H,18,19). The van der Waals surface area contributed by atoms with Gasteiger partial charge in [0.1, 0.15) is 5.54 Å². The molecule has 2 atom stereocenters. The Labute approximate surface area is 132 Å². The third-order valence-corrected chi connectivity index (χ3v) is 5.20. The first kappa shape index (κ1) is 15.0. The zero-order valence-electron chi connectivity index (χ0n) is 12.1. The van der Waals surface area contributed by atoms with Crippen molar-refractivity contribution in [3.63, 3.8) is 0 Å². The highest BCUT2D eigenvalue weighted by Gasteiger charge is 2.57. The topological polar surface area (TPSA) is 88.3 Å². The van der Waals surface area contributed by atoms with Crippen LogP contribution in [0.3, 0.4) is 0 Å². The zero-order valence-corrected chi connectivity index (χ0v) is 12.9. The molecular weight excluding hydrogens is 304 g/mol. The highest BCUT2D eigenvalue weighted by atomic mass is 32.2. The molecule has 0 aromatic heterocycles. The Morgan fingerprint density at radius 3 is 2.59 bits per heavy atom. The Hall–Kier alpha value is -1.89. The summed E-state index contributed by atoms with van der Waals surface area (Å²) in [6.07, 6.45) is 2.50. The van der Waals surface area contributed by atoms with Crippen LogP contribution in [0.4, 0.5) is 0 Å². The van der Waals surface area contributed by atoms with Crippen LogP contribution in [-0.4, -0.2) is 34.9 Å². The molecule has 1 fully saturated rings. The van der Waals surface area contributed by atoms with E-state index in [1.165, 1.54) is 7.11 Å². The van der Waals surface area contributed by atoms with E-state index in [1.54, 1.807) is 12.1 Å². The summed E-state index contributed by atoms with van der Waals surface area (Å²) in [4.78, 5) is 23.0. The maximum Gasteiger partial charge on any atom is 0.337 e. The smallest absolute Gasteiger partial charge is 0.337 e. The van der Waals surface area contributed by atoms with Crippen LogP contribution < -0.4 is 0 Å². The number of carbonyl (C=O) groups is 2. The number of hydrogen-bond acceptors (Lipinski definition) is 6. The lowest BCUT2D eigenvalue weighted by Gasteiger charge is -2.28. The van der Waals surface area contributed by atoms with Gasteiger partial charge in [-0.2, -0.15) is 5.11 Å². The van der Waals surface area contributed by atoms with Crippen molar-refractivity contribution in [2.24, 2.45) is 15.6 Å². The van der Waals surface area contributed by atoms with E-state index in [0.717, 1.165) is 30.4 Å². The fraction of sp³-hybridized carbons (Fsp3) is 0.467. The van der Waals surface area contributed by atoms with Crippen LogP contribution in [0, 0.1) is 5.92 Å². The molecule has 2 unspecified atom stereocenters. The van der Waals surface area contributed by atoms with Crippen molar-refractivity contribution in [3.05, 3.63) is 35.4 Å². The maximum atomic E-state index is 11.5. The summed E-state index contributed by atoms with van der Waals surface area (Å²) < 4.78 is 8.62. The molecule has 116 valence electrons. The molecule has 6 nitrogen and oxygen atoms in total. The van der Waals surface area contributed by atoms with Gasteiger partial charge in [0, 0.05) is 18.4 Å². The minimum absolute atomic E-state index is 0.271. The van der Waals surface area contributed by atoms with Gasteiger partial charge < -0.3 is 9.84 Å². The lowest BCUT2D eigenvalue weighted by Crippen LogP contribution is -2.44. The van der Waals surface area contributed by atoms with Gasteiger partial charge in [-0.1, -0.05) is 12.1 Å². The zero-order chi connectivity index (χ0) is 15.7. The van der Waals surface area contributed by atoms with Crippen LogP contribution in [0.1, 0.15) is 28.8 Å². The van der Waals surface area contributed by atoms with Gasteiger partial charge in [-0.25, -0.2) is 4.79 Å². The number of nitrogens with zero attached hydrogens (tertiary/aromatic N) is 2. The third-order valence-electron chi connectivity index (χ3n) is 4.20. The number of carboxylic acids is 1. The van der Waals surface area contributed by atoms with Crippen molar-refractivity contribution in [2.75, 3.05) is 7.11 Å².